The first kappa shape index (κ1) is 18.4. The van der Waals surface area contributed by atoms with Crippen LogP contribution in [0, 0.1) is 0 Å². The Balaban J connectivity index is 1.79. The van der Waals surface area contributed by atoms with Crippen molar-refractivity contribution in [2.24, 2.45) is 0 Å². The Morgan fingerprint density at radius 1 is 0.963 bits per heavy atom. The highest BCUT2D eigenvalue weighted by molar-refractivity contribution is 6.05. The van der Waals surface area contributed by atoms with E-state index in [9.17, 15) is 4.79 Å². The topological polar surface area (TPSA) is 61.4 Å². The van der Waals surface area contributed by atoms with Crippen LogP contribution in [0.5, 0.6) is 0 Å². The van der Waals surface area contributed by atoms with Crippen LogP contribution in [0.15, 0.2) is 67.0 Å². The molecule has 138 valence electrons. The summed E-state index contributed by atoms with van der Waals surface area (Å²) < 4.78 is 0. The first-order valence-electron chi connectivity index (χ1n) is 8.82. The van der Waals surface area contributed by atoms with Gasteiger partial charge in [0.1, 0.15) is 17.8 Å². The van der Waals surface area contributed by atoms with Crippen LogP contribution in [0.4, 0.5) is 22.9 Å². The van der Waals surface area contributed by atoms with Gasteiger partial charge < -0.3 is 15.1 Å². The van der Waals surface area contributed by atoms with E-state index in [-0.39, 0.29) is 5.91 Å². The molecule has 1 heterocycles. The number of carbonyl (C=O) groups excluding carboxylic acids is 1. The fraction of sp³-hybridized carbons (Fsp3) is 0.190. The summed E-state index contributed by atoms with van der Waals surface area (Å²) in [6.45, 7) is 2.50. The minimum absolute atomic E-state index is 0.155. The summed E-state index contributed by atoms with van der Waals surface area (Å²) in [5.41, 5.74) is 3.20. The van der Waals surface area contributed by atoms with Gasteiger partial charge in [0.25, 0.3) is 5.91 Å². The largest absolute Gasteiger partial charge is 0.378 e. The Kier molecular flexibility index (Phi) is 5.66. The SMILES string of the molecule is CCN(C(=O)c1cc(Nc2ccc(N(C)C)cc2)ncn1)c1ccccc1. The average molecular weight is 361 g/mol. The van der Waals surface area contributed by atoms with E-state index < -0.39 is 0 Å². The molecule has 3 rings (SSSR count). The number of hydrogen-bond acceptors (Lipinski definition) is 5. The monoisotopic (exact) mass is 361 g/mol. The normalized spacial score (nSPS) is 10.3. The van der Waals surface area contributed by atoms with Crippen molar-refractivity contribution in [3.8, 4) is 0 Å². The van der Waals surface area contributed by atoms with Gasteiger partial charge in [0.15, 0.2) is 0 Å². The minimum Gasteiger partial charge on any atom is -0.378 e. The van der Waals surface area contributed by atoms with Crippen LogP contribution in [0.1, 0.15) is 17.4 Å². The molecule has 6 heteroatoms. The summed E-state index contributed by atoms with van der Waals surface area (Å²) in [6.07, 6.45) is 1.41. The van der Waals surface area contributed by atoms with Crippen LogP contribution in [0.3, 0.4) is 0 Å². The zero-order valence-electron chi connectivity index (χ0n) is 15.8. The van der Waals surface area contributed by atoms with Gasteiger partial charge in [0.2, 0.25) is 0 Å². The van der Waals surface area contributed by atoms with Crippen LogP contribution in [0.2, 0.25) is 0 Å². The second kappa shape index (κ2) is 8.31. The van der Waals surface area contributed by atoms with Crippen molar-refractivity contribution >= 4 is 28.8 Å². The number of aromatic nitrogens is 2. The fourth-order valence-electron chi connectivity index (χ4n) is 2.72. The molecule has 1 amide bonds. The number of rotatable bonds is 6. The molecule has 0 fully saturated rings. The van der Waals surface area contributed by atoms with Crippen LogP contribution < -0.4 is 15.1 Å². The maximum absolute atomic E-state index is 12.9. The van der Waals surface area contributed by atoms with E-state index in [1.54, 1.807) is 11.0 Å². The first-order valence-corrected chi connectivity index (χ1v) is 8.82. The fourth-order valence-corrected chi connectivity index (χ4v) is 2.72. The molecule has 0 atom stereocenters. The molecule has 0 bridgehead atoms. The van der Waals surface area contributed by atoms with Crippen molar-refractivity contribution in [2.45, 2.75) is 6.92 Å². The predicted molar refractivity (Wildman–Crippen MR) is 110 cm³/mol. The summed E-state index contributed by atoms with van der Waals surface area (Å²) in [5, 5.41) is 3.22. The second-order valence-electron chi connectivity index (χ2n) is 6.24. The first-order chi connectivity index (χ1) is 13.1. The third-order valence-electron chi connectivity index (χ3n) is 4.17. The van der Waals surface area contributed by atoms with Gasteiger partial charge in [0, 0.05) is 43.8 Å². The van der Waals surface area contributed by atoms with E-state index in [1.807, 2.05) is 80.5 Å². The van der Waals surface area contributed by atoms with Crippen molar-refractivity contribution in [1.82, 2.24) is 9.97 Å². The van der Waals surface area contributed by atoms with E-state index in [0.717, 1.165) is 17.1 Å². The van der Waals surface area contributed by atoms with Crippen molar-refractivity contribution in [3.05, 3.63) is 72.7 Å². The van der Waals surface area contributed by atoms with Crippen molar-refractivity contribution in [3.63, 3.8) is 0 Å². The van der Waals surface area contributed by atoms with Gasteiger partial charge in [-0.2, -0.15) is 0 Å². The molecular formula is C21H23N5O. The molecule has 0 unspecified atom stereocenters. The highest BCUT2D eigenvalue weighted by Gasteiger charge is 2.18. The molecule has 0 aliphatic carbocycles. The van der Waals surface area contributed by atoms with E-state index in [4.69, 9.17) is 0 Å². The molecule has 3 aromatic rings. The molecule has 0 saturated carbocycles. The summed E-state index contributed by atoms with van der Waals surface area (Å²) in [6, 6.07) is 19.2. The lowest BCUT2D eigenvalue weighted by molar-refractivity contribution is 0.0983. The molecular weight excluding hydrogens is 338 g/mol. The third kappa shape index (κ3) is 4.41. The van der Waals surface area contributed by atoms with Crippen molar-refractivity contribution in [2.75, 3.05) is 35.8 Å². The van der Waals surface area contributed by atoms with Crippen LogP contribution in [-0.4, -0.2) is 36.5 Å². The maximum atomic E-state index is 12.9. The van der Waals surface area contributed by atoms with Gasteiger partial charge in [-0.3, -0.25) is 4.79 Å². The summed E-state index contributed by atoms with van der Waals surface area (Å²) in [7, 11) is 3.99. The quantitative estimate of drug-likeness (QED) is 0.720. The maximum Gasteiger partial charge on any atom is 0.277 e. The highest BCUT2D eigenvalue weighted by atomic mass is 16.2. The molecule has 0 spiro atoms. The van der Waals surface area contributed by atoms with Gasteiger partial charge in [-0.15, -0.1) is 0 Å². The predicted octanol–water partition coefficient (Wildman–Crippen LogP) is 3.95. The summed E-state index contributed by atoms with van der Waals surface area (Å²) >= 11 is 0. The molecule has 1 N–H and O–H groups in total. The zero-order valence-corrected chi connectivity index (χ0v) is 15.8. The third-order valence-corrected chi connectivity index (χ3v) is 4.17. The number of anilines is 4. The van der Waals surface area contributed by atoms with Gasteiger partial charge in [-0.1, -0.05) is 18.2 Å². The number of amides is 1. The number of hydrogen-bond donors (Lipinski definition) is 1. The number of nitrogens with one attached hydrogen (secondary N) is 1. The highest BCUT2D eigenvalue weighted by Crippen LogP contribution is 2.20. The molecule has 0 saturated heterocycles. The van der Waals surface area contributed by atoms with Gasteiger partial charge >= 0.3 is 0 Å². The molecule has 27 heavy (non-hydrogen) atoms. The van der Waals surface area contributed by atoms with Gasteiger partial charge in [-0.25, -0.2) is 9.97 Å². The lowest BCUT2D eigenvalue weighted by atomic mass is 10.2. The summed E-state index contributed by atoms with van der Waals surface area (Å²) in [4.78, 5) is 25.0. The van der Waals surface area contributed by atoms with Gasteiger partial charge in [-0.05, 0) is 43.3 Å². The van der Waals surface area contributed by atoms with Crippen LogP contribution in [0.25, 0.3) is 0 Å². The van der Waals surface area contributed by atoms with Crippen LogP contribution >= 0.6 is 0 Å². The second-order valence-corrected chi connectivity index (χ2v) is 6.24. The number of para-hydroxylation sites is 1. The molecule has 1 aromatic heterocycles. The average Bonchev–Trinajstić information content (AvgIpc) is 2.70. The molecule has 0 aliphatic rings. The van der Waals surface area contributed by atoms with E-state index in [1.165, 1.54) is 6.33 Å². The van der Waals surface area contributed by atoms with Crippen LogP contribution in [-0.2, 0) is 0 Å². The molecule has 2 aromatic carbocycles. The van der Waals surface area contributed by atoms with E-state index in [0.29, 0.717) is 18.1 Å². The summed E-state index contributed by atoms with van der Waals surface area (Å²) in [5.74, 6) is 0.423. The molecule has 0 aliphatic heterocycles. The standard InChI is InChI=1S/C21H23N5O/c1-4-26(18-8-6-5-7-9-18)21(27)19-14-20(23-15-22-19)24-16-10-12-17(13-11-16)25(2)3/h5-15H,4H2,1-3H3,(H,22,23,24). The lowest BCUT2D eigenvalue weighted by Gasteiger charge is -2.20. The Labute approximate surface area is 159 Å². The Hall–Kier alpha value is -3.41. The smallest absolute Gasteiger partial charge is 0.277 e. The number of benzene rings is 2. The van der Waals surface area contributed by atoms with Crippen molar-refractivity contribution in [1.29, 1.82) is 0 Å². The van der Waals surface area contributed by atoms with Crippen molar-refractivity contribution < 1.29 is 4.79 Å². The van der Waals surface area contributed by atoms with Gasteiger partial charge in [0.05, 0.1) is 0 Å². The Morgan fingerprint density at radius 3 is 2.30 bits per heavy atom. The molecule has 6 nitrogen and oxygen atoms in total. The minimum atomic E-state index is -0.155. The molecule has 0 radical (unpaired) electrons. The van der Waals surface area contributed by atoms with E-state index >= 15 is 0 Å². The van der Waals surface area contributed by atoms with E-state index in [2.05, 4.69) is 15.3 Å². The Morgan fingerprint density at radius 2 is 1.67 bits per heavy atom. The Bertz CT molecular complexity index is 894. The lowest BCUT2D eigenvalue weighted by Crippen LogP contribution is -2.31. The number of carbonyl (C=O) groups is 1. The zero-order chi connectivity index (χ0) is 19.2. The number of nitrogens with zero attached hydrogens (tertiary/aromatic N) is 4.